The SMILES string of the molecule is CC(C)Cn1cc(CNc2ccn(C)n2)cn1. The van der Waals surface area contributed by atoms with Crippen molar-refractivity contribution in [2.45, 2.75) is 26.9 Å². The van der Waals surface area contributed by atoms with Gasteiger partial charge in [-0.2, -0.15) is 10.2 Å². The van der Waals surface area contributed by atoms with Crippen molar-refractivity contribution in [3.63, 3.8) is 0 Å². The summed E-state index contributed by atoms with van der Waals surface area (Å²) >= 11 is 0. The van der Waals surface area contributed by atoms with Crippen LogP contribution in [0.5, 0.6) is 0 Å². The van der Waals surface area contributed by atoms with E-state index in [9.17, 15) is 0 Å². The molecular formula is C12H19N5. The van der Waals surface area contributed by atoms with Gasteiger partial charge in [-0.05, 0) is 5.92 Å². The fourth-order valence-corrected chi connectivity index (χ4v) is 1.67. The van der Waals surface area contributed by atoms with Crippen LogP contribution in [0, 0.1) is 5.92 Å². The normalized spacial score (nSPS) is 11.1. The molecule has 0 aliphatic heterocycles. The summed E-state index contributed by atoms with van der Waals surface area (Å²) in [5.74, 6) is 1.51. The molecule has 0 fully saturated rings. The highest BCUT2D eigenvalue weighted by atomic mass is 15.3. The molecule has 0 saturated carbocycles. The van der Waals surface area contributed by atoms with Gasteiger partial charge in [-0.25, -0.2) is 0 Å². The fourth-order valence-electron chi connectivity index (χ4n) is 1.67. The first-order valence-electron chi connectivity index (χ1n) is 5.88. The van der Waals surface area contributed by atoms with Gasteiger partial charge in [0.2, 0.25) is 0 Å². The summed E-state index contributed by atoms with van der Waals surface area (Å²) in [4.78, 5) is 0. The Balaban J connectivity index is 1.89. The average Bonchev–Trinajstić information content (AvgIpc) is 2.84. The van der Waals surface area contributed by atoms with Crippen molar-refractivity contribution >= 4 is 5.82 Å². The van der Waals surface area contributed by atoms with Gasteiger partial charge in [0.05, 0.1) is 6.20 Å². The van der Waals surface area contributed by atoms with Crippen LogP contribution in [0.15, 0.2) is 24.7 Å². The van der Waals surface area contributed by atoms with Crippen LogP contribution in [0.2, 0.25) is 0 Å². The summed E-state index contributed by atoms with van der Waals surface area (Å²) < 4.78 is 3.77. The molecule has 0 bridgehead atoms. The number of hydrogen-bond donors (Lipinski definition) is 1. The summed E-state index contributed by atoms with van der Waals surface area (Å²) in [5, 5.41) is 11.8. The van der Waals surface area contributed by atoms with E-state index in [4.69, 9.17) is 0 Å². The molecule has 0 aliphatic carbocycles. The highest BCUT2D eigenvalue weighted by Gasteiger charge is 2.01. The average molecular weight is 233 g/mol. The molecule has 0 unspecified atom stereocenters. The van der Waals surface area contributed by atoms with Crippen molar-refractivity contribution < 1.29 is 0 Å². The minimum Gasteiger partial charge on any atom is -0.364 e. The lowest BCUT2D eigenvalue weighted by molar-refractivity contribution is 0.483. The number of aryl methyl sites for hydroxylation is 1. The molecule has 92 valence electrons. The number of rotatable bonds is 5. The standard InChI is InChI=1S/C12H19N5/c1-10(2)8-17-9-11(7-14-17)6-13-12-4-5-16(3)15-12/h4-5,7,9-10H,6,8H2,1-3H3,(H,13,15). The maximum atomic E-state index is 4.32. The van der Waals surface area contributed by atoms with Gasteiger partial charge in [0.15, 0.2) is 0 Å². The third kappa shape index (κ3) is 3.34. The largest absolute Gasteiger partial charge is 0.364 e. The molecule has 2 heterocycles. The van der Waals surface area contributed by atoms with Gasteiger partial charge < -0.3 is 5.32 Å². The Kier molecular flexibility index (Phi) is 3.46. The molecule has 2 aromatic rings. The van der Waals surface area contributed by atoms with Crippen LogP contribution in [0.3, 0.4) is 0 Å². The third-order valence-electron chi connectivity index (χ3n) is 2.43. The van der Waals surface area contributed by atoms with E-state index >= 15 is 0 Å². The molecule has 17 heavy (non-hydrogen) atoms. The van der Waals surface area contributed by atoms with Gasteiger partial charge in [-0.1, -0.05) is 13.8 Å². The Morgan fingerprint density at radius 3 is 2.88 bits per heavy atom. The third-order valence-corrected chi connectivity index (χ3v) is 2.43. The molecule has 5 heteroatoms. The van der Waals surface area contributed by atoms with Crippen LogP contribution >= 0.6 is 0 Å². The second kappa shape index (κ2) is 5.03. The number of nitrogens with one attached hydrogen (secondary N) is 1. The zero-order valence-corrected chi connectivity index (χ0v) is 10.6. The van der Waals surface area contributed by atoms with Gasteiger partial charge in [0.25, 0.3) is 0 Å². The van der Waals surface area contributed by atoms with E-state index in [1.54, 1.807) is 4.68 Å². The van der Waals surface area contributed by atoms with E-state index in [0.717, 1.165) is 18.9 Å². The topological polar surface area (TPSA) is 47.7 Å². The smallest absolute Gasteiger partial charge is 0.148 e. The molecular weight excluding hydrogens is 214 g/mol. The van der Waals surface area contributed by atoms with Crippen molar-refractivity contribution in [1.29, 1.82) is 0 Å². The quantitative estimate of drug-likeness (QED) is 0.857. The molecule has 2 aromatic heterocycles. The van der Waals surface area contributed by atoms with E-state index in [-0.39, 0.29) is 0 Å². The molecule has 0 amide bonds. The molecule has 0 aliphatic rings. The first-order chi connectivity index (χ1) is 8.13. The molecule has 0 aromatic carbocycles. The zero-order valence-electron chi connectivity index (χ0n) is 10.6. The van der Waals surface area contributed by atoms with E-state index in [2.05, 4.69) is 35.6 Å². The number of hydrogen-bond acceptors (Lipinski definition) is 3. The lowest BCUT2D eigenvalue weighted by Gasteiger charge is -2.03. The Labute approximate surface area is 101 Å². The predicted octanol–water partition coefficient (Wildman–Crippen LogP) is 1.88. The van der Waals surface area contributed by atoms with Crippen LogP contribution < -0.4 is 5.32 Å². The molecule has 1 N–H and O–H groups in total. The summed E-state index contributed by atoms with van der Waals surface area (Å²) in [6.45, 7) is 6.10. The van der Waals surface area contributed by atoms with E-state index in [1.807, 2.05) is 30.2 Å². The highest BCUT2D eigenvalue weighted by Crippen LogP contribution is 2.06. The van der Waals surface area contributed by atoms with Gasteiger partial charge in [0, 0.05) is 44.2 Å². The lowest BCUT2D eigenvalue weighted by Crippen LogP contribution is -2.04. The number of anilines is 1. The maximum Gasteiger partial charge on any atom is 0.148 e. The Morgan fingerprint density at radius 1 is 1.41 bits per heavy atom. The minimum atomic E-state index is 0.617. The van der Waals surface area contributed by atoms with Crippen LogP contribution in [-0.4, -0.2) is 19.6 Å². The Hall–Kier alpha value is -1.78. The number of aromatic nitrogens is 4. The van der Waals surface area contributed by atoms with Gasteiger partial charge >= 0.3 is 0 Å². The Morgan fingerprint density at radius 2 is 2.24 bits per heavy atom. The van der Waals surface area contributed by atoms with E-state index < -0.39 is 0 Å². The van der Waals surface area contributed by atoms with Gasteiger partial charge in [0.1, 0.15) is 5.82 Å². The van der Waals surface area contributed by atoms with Crippen molar-refractivity contribution in [1.82, 2.24) is 19.6 Å². The van der Waals surface area contributed by atoms with Crippen LogP contribution in [0.25, 0.3) is 0 Å². The second-order valence-corrected chi connectivity index (χ2v) is 4.69. The first kappa shape index (κ1) is 11.7. The maximum absolute atomic E-state index is 4.32. The zero-order chi connectivity index (χ0) is 12.3. The molecule has 5 nitrogen and oxygen atoms in total. The summed E-state index contributed by atoms with van der Waals surface area (Å²) in [6, 6.07) is 1.96. The van der Waals surface area contributed by atoms with Crippen LogP contribution in [0.4, 0.5) is 5.82 Å². The van der Waals surface area contributed by atoms with Crippen LogP contribution in [0.1, 0.15) is 19.4 Å². The van der Waals surface area contributed by atoms with E-state index in [1.165, 1.54) is 5.56 Å². The van der Waals surface area contributed by atoms with Crippen molar-refractivity contribution in [3.8, 4) is 0 Å². The second-order valence-electron chi connectivity index (χ2n) is 4.69. The summed E-state index contributed by atoms with van der Waals surface area (Å²) in [5.41, 5.74) is 1.18. The minimum absolute atomic E-state index is 0.617. The van der Waals surface area contributed by atoms with Gasteiger partial charge in [-0.15, -0.1) is 0 Å². The first-order valence-corrected chi connectivity index (χ1v) is 5.88. The summed E-state index contributed by atoms with van der Waals surface area (Å²) in [6.07, 6.45) is 5.90. The number of nitrogens with zero attached hydrogens (tertiary/aromatic N) is 4. The molecule has 0 saturated heterocycles. The van der Waals surface area contributed by atoms with Crippen molar-refractivity contribution in [2.24, 2.45) is 13.0 Å². The molecule has 2 rings (SSSR count). The van der Waals surface area contributed by atoms with Crippen molar-refractivity contribution in [2.75, 3.05) is 5.32 Å². The van der Waals surface area contributed by atoms with E-state index in [0.29, 0.717) is 5.92 Å². The molecule has 0 atom stereocenters. The predicted molar refractivity (Wildman–Crippen MR) is 67.6 cm³/mol. The summed E-state index contributed by atoms with van der Waals surface area (Å²) in [7, 11) is 1.91. The van der Waals surface area contributed by atoms with Gasteiger partial charge in [-0.3, -0.25) is 9.36 Å². The lowest BCUT2D eigenvalue weighted by atomic mass is 10.2. The molecule has 0 radical (unpaired) electrons. The van der Waals surface area contributed by atoms with Crippen molar-refractivity contribution in [3.05, 3.63) is 30.2 Å². The monoisotopic (exact) mass is 233 g/mol. The van der Waals surface area contributed by atoms with Crippen LogP contribution in [-0.2, 0) is 20.1 Å². The Bertz CT molecular complexity index is 469. The highest BCUT2D eigenvalue weighted by molar-refractivity contribution is 5.33. The molecule has 0 spiro atoms. The fraction of sp³-hybridized carbons (Fsp3) is 0.500.